The van der Waals surface area contributed by atoms with E-state index in [0.717, 1.165) is 23.1 Å². The summed E-state index contributed by atoms with van der Waals surface area (Å²) in [6, 6.07) is 8.62. The highest BCUT2D eigenvalue weighted by atomic mass is 79.9. The molecule has 1 aliphatic heterocycles. The molecule has 17 heavy (non-hydrogen) atoms. The van der Waals surface area contributed by atoms with Crippen molar-refractivity contribution in [2.24, 2.45) is 16.6 Å². The zero-order chi connectivity index (χ0) is 12.4. The average Bonchev–Trinajstić information content (AvgIpc) is 2.61. The fourth-order valence-corrected chi connectivity index (χ4v) is 2.48. The van der Waals surface area contributed by atoms with Gasteiger partial charge in [0, 0.05) is 10.2 Å². The van der Waals surface area contributed by atoms with Gasteiger partial charge in [-0.15, -0.1) is 0 Å². The highest BCUT2D eigenvalue weighted by Crippen LogP contribution is 2.25. The molecule has 0 aromatic heterocycles. The van der Waals surface area contributed by atoms with E-state index in [0.29, 0.717) is 17.9 Å². The van der Waals surface area contributed by atoms with Crippen molar-refractivity contribution in [1.82, 2.24) is 0 Å². The summed E-state index contributed by atoms with van der Waals surface area (Å²) < 4.78 is 1.08. The molecule has 1 heterocycles. The summed E-state index contributed by atoms with van der Waals surface area (Å²) in [7, 11) is 0. The maximum atomic E-state index is 5.98. The molecule has 1 unspecified atom stereocenters. The predicted molar refractivity (Wildman–Crippen MR) is 76.4 cm³/mol. The van der Waals surface area contributed by atoms with Gasteiger partial charge in [0.05, 0.1) is 12.6 Å². The van der Waals surface area contributed by atoms with Gasteiger partial charge >= 0.3 is 0 Å². The molecule has 0 bridgehead atoms. The van der Waals surface area contributed by atoms with Crippen LogP contribution < -0.4 is 10.6 Å². The number of anilines is 1. The van der Waals surface area contributed by atoms with Crippen molar-refractivity contribution in [2.45, 2.75) is 26.3 Å². The SMILES string of the molecule is CC(C)CC1CN=C(N)N1c1ccc(Br)cc1. The summed E-state index contributed by atoms with van der Waals surface area (Å²) in [6.07, 6.45) is 1.11. The summed E-state index contributed by atoms with van der Waals surface area (Å²) in [4.78, 5) is 6.50. The smallest absolute Gasteiger partial charge is 0.196 e. The van der Waals surface area contributed by atoms with E-state index in [9.17, 15) is 0 Å². The van der Waals surface area contributed by atoms with Crippen LogP contribution in [0.4, 0.5) is 5.69 Å². The number of benzene rings is 1. The first kappa shape index (κ1) is 12.4. The average molecular weight is 296 g/mol. The number of nitrogens with zero attached hydrogens (tertiary/aromatic N) is 2. The number of halogens is 1. The minimum absolute atomic E-state index is 0.399. The Kier molecular flexibility index (Phi) is 3.72. The van der Waals surface area contributed by atoms with E-state index in [1.54, 1.807) is 0 Å². The van der Waals surface area contributed by atoms with Crippen LogP contribution in [0.3, 0.4) is 0 Å². The van der Waals surface area contributed by atoms with Crippen molar-refractivity contribution in [1.29, 1.82) is 0 Å². The Bertz CT molecular complexity index is 411. The van der Waals surface area contributed by atoms with Crippen LogP contribution in [-0.2, 0) is 0 Å². The number of nitrogens with two attached hydrogens (primary N) is 1. The molecule has 2 N–H and O–H groups in total. The zero-order valence-corrected chi connectivity index (χ0v) is 11.8. The molecule has 2 rings (SSSR count). The zero-order valence-electron chi connectivity index (χ0n) is 10.2. The Labute approximate surface area is 111 Å². The first-order valence-corrected chi connectivity index (χ1v) is 6.72. The third-order valence-electron chi connectivity index (χ3n) is 2.92. The molecule has 0 amide bonds. The normalized spacial score (nSPS) is 19.9. The highest BCUT2D eigenvalue weighted by Gasteiger charge is 2.27. The van der Waals surface area contributed by atoms with Gasteiger partial charge in [-0.05, 0) is 36.6 Å². The Morgan fingerprint density at radius 3 is 2.65 bits per heavy atom. The molecule has 0 fully saturated rings. The molecule has 92 valence electrons. The van der Waals surface area contributed by atoms with Gasteiger partial charge in [0.25, 0.3) is 0 Å². The maximum absolute atomic E-state index is 5.98. The van der Waals surface area contributed by atoms with Crippen LogP contribution in [0.5, 0.6) is 0 Å². The van der Waals surface area contributed by atoms with Crippen molar-refractivity contribution in [3.63, 3.8) is 0 Å². The molecule has 0 spiro atoms. The Balaban J connectivity index is 2.21. The molecule has 4 heteroatoms. The maximum Gasteiger partial charge on any atom is 0.196 e. The van der Waals surface area contributed by atoms with Crippen LogP contribution in [-0.4, -0.2) is 18.5 Å². The summed E-state index contributed by atoms with van der Waals surface area (Å²) >= 11 is 3.44. The molecule has 1 atom stereocenters. The Morgan fingerprint density at radius 2 is 2.06 bits per heavy atom. The van der Waals surface area contributed by atoms with E-state index in [1.165, 1.54) is 0 Å². The lowest BCUT2D eigenvalue weighted by atomic mass is 10.0. The second-order valence-corrected chi connectivity index (χ2v) is 5.74. The summed E-state index contributed by atoms with van der Waals surface area (Å²) in [5.41, 5.74) is 7.10. The summed E-state index contributed by atoms with van der Waals surface area (Å²) in [5.74, 6) is 1.29. The minimum atomic E-state index is 0.399. The van der Waals surface area contributed by atoms with Crippen molar-refractivity contribution >= 4 is 27.6 Å². The second kappa shape index (κ2) is 5.08. The second-order valence-electron chi connectivity index (χ2n) is 4.83. The molecule has 0 saturated heterocycles. The van der Waals surface area contributed by atoms with Gasteiger partial charge in [0.2, 0.25) is 0 Å². The standard InChI is InChI=1S/C13H18BrN3/c1-9(2)7-12-8-16-13(15)17(12)11-5-3-10(14)4-6-11/h3-6,9,12H,7-8H2,1-2H3,(H2,15,16). The Hall–Kier alpha value is -1.03. The molecular weight excluding hydrogens is 278 g/mol. The quantitative estimate of drug-likeness (QED) is 0.931. The molecule has 1 aromatic rings. The van der Waals surface area contributed by atoms with Gasteiger partial charge < -0.3 is 10.6 Å². The first-order valence-electron chi connectivity index (χ1n) is 5.92. The predicted octanol–water partition coefficient (Wildman–Crippen LogP) is 3.00. The van der Waals surface area contributed by atoms with Gasteiger partial charge in [0.15, 0.2) is 5.96 Å². The number of aliphatic imine (C=N–C) groups is 1. The van der Waals surface area contributed by atoms with Crippen molar-refractivity contribution < 1.29 is 0 Å². The van der Waals surface area contributed by atoms with E-state index in [1.807, 2.05) is 12.1 Å². The highest BCUT2D eigenvalue weighted by molar-refractivity contribution is 9.10. The lowest BCUT2D eigenvalue weighted by Crippen LogP contribution is -2.41. The van der Waals surface area contributed by atoms with Crippen molar-refractivity contribution in [3.8, 4) is 0 Å². The molecule has 1 aromatic carbocycles. The van der Waals surface area contributed by atoms with E-state index in [-0.39, 0.29) is 0 Å². The summed E-state index contributed by atoms with van der Waals surface area (Å²) in [6.45, 7) is 5.27. The molecule has 0 saturated carbocycles. The topological polar surface area (TPSA) is 41.6 Å². The van der Waals surface area contributed by atoms with Gasteiger partial charge in [-0.25, -0.2) is 0 Å². The molecular formula is C13H18BrN3. The number of guanidine groups is 1. The van der Waals surface area contributed by atoms with Gasteiger partial charge in [-0.3, -0.25) is 4.99 Å². The van der Waals surface area contributed by atoms with E-state index in [4.69, 9.17) is 5.73 Å². The summed E-state index contributed by atoms with van der Waals surface area (Å²) in [5, 5.41) is 0. The molecule has 0 aliphatic carbocycles. The largest absolute Gasteiger partial charge is 0.370 e. The number of rotatable bonds is 3. The van der Waals surface area contributed by atoms with E-state index >= 15 is 0 Å². The molecule has 0 radical (unpaired) electrons. The first-order chi connectivity index (χ1) is 8.08. The Morgan fingerprint density at radius 1 is 1.41 bits per heavy atom. The monoisotopic (exact) mass is 295 g/mol. The van der Waals surface area contributed by atoms with Crippen LogP contribution in [0.15, 0.2) is 33.7 Å². The van der Waals surface area contributed by atoms with E-state index in [2.05, 4.69) is 51.8 Å². The fraction of sp³-hybridized carbons (Fsp3) is 0.462. The van der Waals surface area contributed by atoms with Crippen LogP contribution in [0.25, 0.3) is 0 Å². The number of hydrogen-bond donors (Lipinski definition) is 1. The van der Waals surface area contributed by atoms with Gasteiger partial charge in [-0.2, -0.15) is 0 Å². The van der Waals surface area contributed by atoms with Crippen LogP contribution in [0.1, 0.15) is 20.3 Å². The third kappa shape index (κ3) is 2.80. The third-order valence-corrected chi connectivity index (χ3v) is 3.45. The molecule has 1 aliphatic rings. The van der Waals surface area contributed by atoms with Crippen LogP contribution in [0, 0.1) is 5.92 Å². The van der Waals surface area contributed by atoms with Crippen LogP contribution in [0.2, 0.25) is 0 Å². The lowest BCUT2D eigenvalue weighted by Gasteiger charge is -2.27. The lowest BCUT2D eigenvalue weighted by molar-refractivity contribution is 0.512. The number of hydrogen-bond acceptors (Lipinski definition) is 3. The van der Waals surface area contributed by atoms with Crippen molar-refractivity contribution in [2.75, 3.05) is 11.4 Å². The van der Waals surface area contributed by atoms with Gasteiger partial charge in [0.1, 0.15) is 0 Å². The molecule has 3 nitrogen and oxygen atoms in total. The minimum Gasteiger partial charge on any atom is -0.370 e. The van der Waals surface area contributed by atoms with Crippen LogP contribution >= 0.6 is 15.9 Å². The van der Waals surface area contributed by atoms with E-state index < -0.39 is 0 Å². The van der Waals surface area contributed by atoms with Crippen molar-refractivity contribution in [3.05, 3.63) is 28.7 Å². The van der Waals surface area contributed by atoms with Gasteiger partial charge in [-0.1, -0.05) is 29.8 Å². The fourth-order valence-electron chi connectivity index (χ4n) is 2.21.